The van der Waals surface area contributed by atoms with Gasteiger partial charge in [0.2, 0.25) is 0 Å². The molecule has 0 unspecified atom stereocenters. The predicted molar refractivity (Wildman–Crippen MR) is 136 cm³/mol. The second-order valence-corrected chi connectivity index (χ2v) is 7.56. The van der Waals surface area contributed by atoms with Crippen LogP contribution in [0.25, 0.3) is 0 Å². The molecule has 0 saturated carbocycles. The van der Waals surface area contributed by atoms with Crippen LogP contribution in [-0.2, 0) is 6.42 Å². The number of amides is 1. The zero-order valence-corrected chi connectivity index (χ0v) is 20.3. The Morgan fingerprint density at radius 2 is 1.58 bits per heavy atom. The van der Waals surface area contributed by atoms with Gasteiger partial charge in [0.05, 0.1) is 0 Å². The molecule has 31 heavy (non-hydrogen) atoms. The van der Waals surface area contributed by atoms with Gasteiger partial charge in [-0.15, -0.1) is 31.4 Å². The third kappa shape index (κ3) is 6.99. The first-order chi connectivity index (χ1) is 14.2. The molecule has 0 atom stereocenters. The summed E-state index contributed by atoms with van der Waals surface area (Å²) in [5, 5.41) is 0. The highest BCUT2D eigenvalue weighted by atomic mass is 35.5. The topological polar surface area (TPSA) is 26.8 Å². The second-order valence-electron chi connectivity index (χ2n) is 7.56. The van der Waals surface area contributed by atoms with Gasteiger partial charge in [-0.3, -0.25) is 9.69 Å². The summed E-state index contributed by atoms with van der Waals surface area (Å²) in [7, 11) is 0. The molecule has 1 aliphatic heterocycles. The zero-order valence-electron chi connectivity index (χ0n) is 18.6. The summed E-state index contributed by atoms with van der Waals surface area (Å²) in [6, 6.07) is 16.8. The van der Waals surface area contributed by atoms with E-state index in [1.54, 1.807) is 0 Å². The molecule has 1 fully saturated rings. The molecule has 170 valence electrons. The Hall–Kier alpha value is -2.01. The van der Waals surface area contributed by atoms with E-state index in [1.807, 2.05) is 37.0 Å². The van der Waals surface area contributed by atoms with Gasteiger partial charge in [0.15, 0.2) is 0 Å². The Bertz CT molecular complexity index is 814. The maximum atomic E-state index is 12.5. The molecule has 1 saturated heterocycles. The molecule has 0 N–H and O–H groups in total. The van der Waals surface area contributed by atoms with Crippen molar-refractivity contribution in [3.05, 3.63) is 77.9 Å². The number of benzene rings is 2. The average molecular weight is 464 g/mol. The van der Waals surface area contributed by atoms with Gasteiger partial charge in [0.25, 0.3) is 5.91 Å². The van der Waals surface area contributed by atoms with Crippen LogP contribution in [0.4, 0.5) is 5.69 Å². The molecule has 0 aromatic heterocycles. The Kier molecular flexibility index (Phi) is 11.7. The van der Waals surface area contributed by atoms with Gasteiger partial charge in [0.1, 0.15) is 0 Å². The van der Waals surface area contributed by atoms with E-state index in [0.29, 0.717) is 0 Å². The zero-order chi connectivity index (χ0) is 20.6. The van der Waals surface area contributed by atoms with Crippen LogP contribution in [0.1, 0.15) is 35.3 Å². The Morgan fingerprint density at radius 3 is 2.16 bits per heavy atom. The van der Waals surface area contributed by atoms with Crippen LogP contribution < -0.4 is 4.90 Å². The van der Waals surface area contributed by atoms with Gasteiger partial charge in [-0.2, -0.15) is 0 Å². The van der Waals surface area contributed by atoms with E-state index in [4.69, 9.17) is 0 Å². The van der Waals surface area contributed by atoms with Crippen molar-refractivity contribution < 1.29 is 4.79 Å². The quantitative estimate of drug-likeness (QED) is 0.520. The minimum atomic E-state index is 0. The Labute approximate surface area is 199 Å². The summed E-state index contributed by atoms with van der Waals surface area (Å²) in [6.45, 7) is 14.6. The average Bonchev–Trinajstić information content (AvgIpc) is 2.76. The molecule has 0 radical (unpaired) electrons. The molecule has 6 heteroatoms. The van der Waals surface area contributed by atoms with Crippen molar-refractivity contribution in [2.24, 2.45) is 0 Å². The lowest BCUT2D eigenvalue weighted by molar-refractivity contribution is 0.0773. The van der Waals surface area contributed by atoms with Crippen molar-refractivity contribution >= 4 is 36.4 Å². The van der Waals surface area contributed by atoms with E-state index in [9.17, 15) is 4.79 Å². The molecule has 2 aromatic carbocycles. The lowest BCUT2D eigenvalue weighted by atomic mass is 10.0. The minimum absolute atomic E-state index is 0. The first-order valence-electron chi connectivity index (χ1n) is 10.7. The first-order valence-corrected chi connectivity index (χ1v) is 10.7. The van der Waals surface area contributed by atoms with Crippen LogP contribution in [-0.4, -0.2) is 61.5 Å². The molecule has 4 nitrogen and oxygen atoms in total. The number of hydrogen-bond acceptors (Lipinski definition) is 3. The largest absolute Gasteiger partial charge is 0.369 e. The predicted octanol–water partition coefficient (Wildman–Crippen LogP) is 4.91. The molecule has 1 amide bonds. The number of rotatable bonds is 8. The number of nitrogens with zero attached hydrogens (tertiary/aromatic N) is 3. The van der Waals surface area contributed by atoms with E-state index >= 15 is 0 Å². The van der Waals surface area contributed by atoms with E-state index in [1.165, 1.54) is 16.8 Å². The van der Waals surface area contributed by atoms with Crippen molar-refractivity contribution in [1.29, 1.82) is 0 Å². The summed E-state index contributed by atoms with van der Waals surface area (Å²) < 4.78 is 0. The molecule has 0 aliphatic carbocycles. The Balaban J connectivity index is 0.00000240. The van der Waals surface area contributed by atoms with Gasteiger partial charge < -0.3 is 9.80 Å². The van der Waals surface area contributed by atoms with Gasteiger partial charge in [-0.25, -0.2) is 0 Å². The van der Waals surface area contributed by atoms with E-state index < -0.39 is 0 Å². The molecule has 2 aromatic rings. The highest BCUT2D eigenvalue weighted by molar-refractivity contribution is 5.94. The normalized spacial score (nSPS) is 13.7. The fourth-order valence-electron chi connectivity index (χ4n) is 4.00. The van der Waals surface area contributed by atoms with Crippen molar-refractivity contribution in [1.82, 2.24) is 9.80 Å². The number of hydrogen-bond donors (Lipinski definition) is 0. The van der Waals surface area contributed by atoms with Crippen LogP contribution in [0, 0.1) is 0 Å². The number of piperazine rings is 1. The van der Waals surface area contributed by atoms with Gasteiger partial charge in [-0.05, 0) is 49.6 Å². The maximum absolute atomic E-state index is 12.5. The molecule has 1 heterocycles. The highest BCUT2D eigenvalue weighted by Crippen LogP contribution is 2.25. The summed E-state index contributed by atoms with van der Waals surface area (Å²) in [5.41, 5.74) is 4.67. The van der Waals surface area contributed by atoms with Crippen LogP contribution in [0.2, 0.25) is 0 Å². The molecule has 3 rings (SSSR count). The lowest BCUT2D eigenvalue weighted by Crippen LogP contribution is -2.46. The monoisotopic (exact) mass is 463 g/mol. The van der Waals surface area contributed by atoms with Gasteiger partial charge >= 0.3 is 0 Å². The Morgan fingerprint density at radius 1 is 0.968 bits per heavy atom. The highest BCUT2D eigenvalue weighted by Gasteiger charge is 2.18. The van der Waals surface area contributed by atoms with Crippen molar-refractivity contribution in [2.45, 2.75) is 20.3 Å². The van der Waals surface area contributed by atoms with Crippen LogP contribution >= 0.6 is 24.8 Å². The molecule has 1 aliphatic rings. The van der Waals surface area contributed by atoms with Gasteiger partial charge in [-0.1, -0.05) is 36.4 Å². The summed E-state index contributed by atoms with van der Waals surface area (Å²) in [4.78, 5) is 19.3. The third-order valence-corrected chi connectivity index (χ3v) is 5.74. The number of halogens is 2. The van der Waals surface area contributed by atoms with Crippen LogP contribution in [0.3, 0.4) is 0 Å². The van der Waals surface area contributed by atoms with Crippen molar-refractivity contribution in [3.63, 3.8) is 0 Å². The first kappa shape index (κ1) is 27.0. The minimum Gasteiger partial charge on any atom is -0.369 e. The van der Waals surface area contributed by atoms with E-state index in [-0.39, 0.29) is 30.7 Å². The number of para-hydroxylation sites is 1. The van der Waals surface area contributed by atoms with E-state index in [0.717, 1.165) is 57.8 Å². The SMILES string of the molecule is C=CCN1CCN(c2ccccc2Cc2ccc(C(=O)N(CC)CC)cc2)CC1.Cl.Cl. The van der Waals surface area contributed by atoms with Crippen molar-refractivity contribution in [3.8, 4) is 0 Å². The summed E-state index contributed by atoms with van der Waals surface area (Å²) in [5.74, 6) is 0.111. The third-order valence-electron chi connectivity index (χ3n) is 5.74. The standard InChI is InChI=1S/C25H33N3O.2ClH/c1-4-15-26-16-18-28(19-17-26)24-10-8-7-9-23(24)20-21-11-13-22(14-12-21)25(29)27(5-2)6-3;;/h4,7-14H,1,5-6,15-20H2,2-3H3;2*1H. The van der Waals surface area contributed by atoms with E-state index in [2.05, 4.69) is 52.8 Å². The number of carbonyl (C=O) groups excluding carboxylic acids is 1. The molecule has 0 spiro atoms. The summed E-state index contributed by atoms with van der Waals surface area (Å²) in [6.07, 6.45) is 2.86. The number of anilines is 1. The van der Waals surface area contributed by atoms with Crippen LogP contribution in [0.15, 0.2) is 61.2 Å². The maximum Gasteiger partial charge on any atom is 0.253 e. The molecular formula is C25H35Cl2N3O. The fraction of sp³-hybridized carbons (Fsp3) is 0.400. The summed E-state index contributed by atoms with van der Waals surface area (Å²) >= 11 is 0. The van der Waals surface area contributed by atoms with Crippen molar-refractivity contribution in [2.75, 3.05) is 50.7 Å². The second kappa shape index (κ2) is 13.4. The molecule has 0 bridgehead atoms. The van der Waals surface area contributed by atoms with Crippen LogP contribution in [0.5, 0.6) is 0 Å². The smallest absolute Gasteiger partial charge is 0.253 e. The fourth-order valence-corrected chi connectivity index (χ4v) is 4.00. The number of carbonyl (C=O) groups is 1. The lowest BCUT2D eigenvalue weighted by Gasteiger charge is -2.36. The molecular weight excluding hydrogens is 429 g/mol. The van der Waals surface area contributed by atoms with Gasteiger partial charge in [0, 0.05) is 57.1 Å².